The second-order valence-corrected chi connectivity index (χ2v) is 5.99. The molecule has 0 amide bonds. The number of ether oxygens (including phenoxy) is 2. The Morgan fingerprint density at radius 3 is 2.79 bits per heavy atom. The van der Waals surface area contributed by atoms with Crippen LogP contribution >= 0.6 is 0 Å². The van der Waals surface area contributed by atoms with Gasteiger partial charge in [0.05, 0.1) is 6.61 Å². The van der Waals surface area contributed by atoms with Crippen LogP contribution in [0.1, 0.15) is 17.6 Å². The second kappa shape index (κ2) is 7.79. The number of hydrogen-bond donors (Lipinski definition) is 1. The SMILES string of the molecule is Cc1ccc(C2CN(CC(O)COc3ccc(F)cc3)CCO2)o1. The van der Waals surface area contributed by atoms with Crippen LogP contribution in [0.2, 0.25) is 0 Å². The van der Waals surface area contributed by atoms with E-state index >= 15 is 0 Å². The van der Waals surface area contributed by atoms with Gasteiger partial charge in [0.2, 0.25) is 0 Å². The van der Waals surface area contributed by atoms with E-state index in [1.54, 1.807) is 12.1 Å². The van der Waals surface area contributed by atoms with Crippen molar-refractivity contribution in [2.24, 2.45) is 0 Å². The lowest BCUT2D eigenvalue weighted by atomic mass is 10.2. The average Bonchev–Trinajstić information content (AvgIpc) is 3.01. The van der Waals surface area contributed by atoms with E-state index in [9.17, 15) is 9.50 Å². The first-order valence-corrected chi connectivity index (χ1v) is 8.07. The van der Waals surface area contributed by atoms with E-state index < -0.39 is 6.10 Å². The highest BCUT2D eigenvalue weighted by Crippen LogP contribution is 2.24. The zero-order valence-electron chi connectivity index (χ0n) is 13.7. The number of benzene rings is 1. The van der Waals surface area contributed by atoms with Crippen molar-refractivity contribution >= 4 is 0 Å². The smallest absolute Gasteiger partial charge is 0.134 e. The maximum absolute atomic E-state index is 12.8. The van der Waals surface area contributed by atoms with Crippen molar-refractivity contribution in [2.75, 3.05) is 32.8 Å². The van der Waals surface area contributed by atoms with Crippen molar-refractivity contribution < 1.29 is 23.4 Å². The molecular weight excluding hydrogens is 313 g/mol. The molecule has 1 aromatic heterocycles. The molecule has 24 heavy (non-hydrogen) atoms. The molecule has 0 spiro atoms. The number of aryl methyl sites for hydroxylation is 1. The number of halogens is 1. The van der Waals surface area contributed by atoms with Gasteiger partial charge in [-0.1, -0.05) is 0 Å². The van der Waals surface area contributed by atoms with E-state index in [2.05, 4.69) is 4.90 Å². The largest absolute Gasteiger partial charge is 0.491 e. The summed E-state index contributed by atoms with van der Waals surface area (Å²) in [6.45, 7) is 4.56. The molecule has 130 valence electrons. The Hall–Kier alpha value is -1.89. The Morgan fingerprint density at radius 1 is 1.29 bits per heavy atom. The summed E-state index contributed by atoms with van der Waals surface area (Å²) in [4.78, 5) is 2.13. The summed E-state index contributed by atoms with van der Waals surface area (Å²) < 4.78 is 29.7. The summed E-state index contributed by atoms with van der Waals surface area (Å²) in [5.41, 5.74) is 0. The first kappa shape index (κ1) is 17.0. The van der Waals surface area contributed by atoms with Crippen LogP contribution in [0.5, 0.6) is 5.75 Å². The molecule has 1 fully saturated rings. The molecule has 2 aromatic rings. The van der Waals surface area contributed by atoms with E-state index in [1.165, 1.54) is 12.1 Å². The molecule has 1 aliphatic heterocycles. The molecule has 0 saturated carbocycles. The highest BCUT2D eigenvalue weighted by atomic mass is 19.1. The molecule has 0 bridgehead atoms. The highest BCUT2D eigenvalue weighted by molar-refractivity contribution is 5.22. The van der Waals surface area contributed by atoms with Crippen molar-refractivity contribution in [3.05, 3.63) is 53.7 Å². The van der Waals surface area contributed by atoms with Gasteiger partial charge in [0.15, 0.2) is 0 Å². The average molecular weight is 335 g/mol. The van der Waals surface area contributed by atoms with Crippen molar-refractivity contribution in [1.82, 2.24) is 4.90 Å². The quantitative estimate of drug-likeness (QED) is 0.879. The Kier molecular flexibility index (Phi) is 5.50. The van der Waals surface area contributed by atoms with Gasteiger partial charge >= 0.3 is 0 Å². The number of furan rings is 1. The lowest BCUT2D eigenvalue weighted by molar-refractivity contribution is -0.0543. The standard InChI is InChI=1S/C18H22FNO4/c1-13-2-7-17(24-13)18-11-20(8-9-22-18)10-15(21)12-23-16-5-3-14(19)4-6-16/h2-7,15,18,21H,8-12H2,1H3. The van der Waals surface area contributed by atoms with Gasteiger partial charge in [0.1, 0.15) is 41.9 Å². The van der Waals surface area contributed by atoms with Gasteiger partial charge in [-0.25, -0.2) is 4.39 Å². The van der Waals surface area contributed by atoms with Crippen LogP contribution in [0.4, 0.5) is 4.39 Å². The normalized spacial score (nSPS) is 20.0. The third-order valence-corrected chi connectivity index (χ3v) is 3.95. The second-order valence-electron chi connectivity index (χ2n) is 5.99. The molecule has 1 saturated heterocycles. The fourth-order valence-electron chi connectivity index (χ4n) is 2.74. The minimum absolute atomic E-state index is 0.113. The van der Waals surface area contributed by atoms with Crippen LogP contribution in [0.15, 0.2) is 40.8 Å². The van der Waals surface area contributed by atoms with Gasteiger partial charge in [-0.2, -0.15) is 0 Å². The van der Waals surface area contributed by atoms with Crippen LogP contribution in [0.25, 0.3) is 0 Å². The molecule has 0 aliphatic carbocycles. The van der Waals surface area contributed by atoms with Crippen LogP contribution < -0.4 is 4.74 Å². The monoisotopic (exact) mass is 335 g/mol. The third kappa shape index (κ3) is 4.56. The predicted molar refractivity (Wildman–Crippen MR) is 86.5 cm³/mol. The minimum atomic E-state index is -0.632. The maximum Gasteiger partial charge on any atom is 0.134 e. The van der Waals surface area contributed by atoms with Gasteiger partial charge in [-0.05, 0) is 43.3 Å². The van der Waals surface area contributed by atoms with E-state index in [1.807, 2.05) is 19.1 Å². The zero-order chi connectivity index (χ0) is 16.9. The van der Waals surface area contributed by atoms with Crippen LogP contribution in [0.3, 0.4) is 0 Å². The maximum atomic E-state index is 12.8. The number of hydrogen-bond acceptors (Lipinski definition) is 5. The topological polar surface area (TPSA) is 55.1 Å². The van der Waals surface area contributed by atoms with E-state index in [0.717, 1.165) is 18.1 Å². The summed E-state index contributed by atoms with van der Waals surface area (Å²) in [6, 6.07) is 9.61. The molecule has 6 heteroatoms. The number of morpholine rings is 1. The Balaban J connectivity index is 1.47. The first-order valence-electron chi connectivity index (χ1n) is 8.07. The predicted octanol–water partition coefficient (Wildman–Crippen LogP) is 2.54. The number of β-amino-alcohol motifs (C(OH)–C–C–N with tert-alkyl or cyclic N) is 1. The summed E-state index contributed by atoms with van der Waals surface area (Å²) in [6.07, 6.45) is -0.746. The summed E-state index contributed by atoms with van der Waals surface area (Å²) in [7, 11) is 0. The van der Waals surface area contributed by atoms with Crippen LogP contribution in [0, 0.1) is 12.7 Å². The minimum Gasteiger partial charge on any atom is -0.491 e. The van der Waals surface area contributed by atoms with Gasteiger partial charge in [-0.3, -0.25) is 4.90 Å². The van der Waals surface area contributed by atoms with Crippen molar-refractivity contribution in [3.63, 3.8) is 0 Å². The lowest BCUT2D eigenvalue weighted by Crippen LogP contribution is -2.43. The highest BCUT2D eigenvalue weighted by Gasteiger charge is 2.25. The number of rotatable bonds is 6. The summed E-state index contributed by atoms with van der Waals surface area (Å²) >= 11 is 0. The third-order valence-electron chi connectivity index (χ3n) is 3.95. The molecule has 2 unspecified atom stereocenters. The van der Waals surface area contributed by atoms with E-state index in [0.29, 0.717) is 25.4 Å². The first-order chi connectivity index (χ1) is 11.6. The Morgan fingerprint density at radius 2 is 2.08 bits per heavy atom. The fourth-order valence-corrected chi connectivity index (χ4v) is 2.74. The molecule has 0 radical (unpaired) electrons. The molecule has 3 rings (SSSR count). The zero-order valence-corrected chi connectivity index (χ0v) is 13.7. The van der Waals surface area contributed by atoms with Gasteiger partial charge < -0.3 is 19.0 Å². The number of aliphatic hydroxyl groups excluding tert-OH is 1. The molecule has 1 aromatic carbocycles. The van der Waals surface area contributed by atoms with Crippen LogP contribution in [-0.4, -0.2) is 49.0 Å². The van der Waals surface area contributed by atoms with Gasteiger partial charge in [0.25, 0.3) is 0 Å². The molecule has 1 aliphatic rings. The lowest BCUT2D eigenvalue weighted by Gasteiger charge is -2.33. The molecule has 2 atom stereocenters. The van der Waals surface area contributed by atoms with Gasteiger partial charge in [0, 0.05) is 19.6 Å². The van der Waals surface area contributed by atoms with Crippen molar-refractivity contribution in [1.29, 1.82) is 0 Å². The summed E-state index contributed by atoms with van der Waals surface area (Å²) in [5.74, 6) is 1.91. The molecule has 5 nitrogen and oxygen atoms in total. The molecular formula is C18H22FNO4. The number of nitrogens with zero attached hydrogens (tertiary/aromatic N) is 1. The van der Waals surface area contributed by atoms with Crippen molar-refractivity contribution in [2.45, 2.75) is 19.1 Å². The molecule has 1 N–H and O–H groups in total. The van der Waals surface area contributed by atoms with E-state index in [-0.39, 0.29) is 18.5 Å². The van der Waals surface area contributed by atoms with Crippen LogP contribution in [-0.2, 0) is 4.74 Å². The molecule has 2 heterocycles. The number of aliphatic hydroxyl groups is 1. The fraction of sp³-hybridized carbons (Fsp3) is 0.444. The van der Waals surface area contributed by atoms with Gasteiger partial charge in [-0.15, -0.1) is 0 Å². The van der Waals surface area contributed by atoms with E-state index in [4.69, 9.17) is 13.9 Å². The Bertz CT molecular complexity index is 643. The Labute approximate surface area is 140 Å². The van der Waals surface area contributed by atoms with Crippen molar-refractivity contribution in [3.8, 4) is 5.75 Å². The summed E-state index contributed by atoms with van der Waals surface area (Å²) in [5, 5.41) is 10.2.